The van der Waals surface area contributed by atoms with Crippen LogP contribution in [-0.2, 0) is 0 Å². The van der Waals surface area contributed by atoms with Crippen LogP contribution < -0.4 is 5.32 Å². The van der Waals surface area contributed by atoms with Crippen molar-refractivity contribution < 1.29 is 0 Å². The van der Waals surface area contributed by atoms with Crippen molar-refractivity contribution in [3.05, 3.63) is 0 Å². The monoisotopic (exact) mass is 181 g/mol. The molecule has 1 unspecified atom stereocenters. The van der Waals surface area contributed by atoms with Gasteiger partial charge in [-0.1, -0.05) is 26.7 Å². The largest absolute Gasteiger partial charge is 0.311 e. The number of hydrogen-bond acceptors (Lipinski definition) is 1. The SMILES string of the molecule is CC(C)C1CCC2(CCCC2)NC1. The van der Waals surface area contributed by atoms with Crippen molar-refractivity contribution in [2.75, 3.05) is 6.54 Å². The molecule has 0 radical (unpaired) electrons. The molecule has 0 aromatic heterocycles. The maximum atomic E-state index is 3.83. The molecule has 76 valence electrons. The van der Waals surface area contributed by atoms with Gasteiger partial charge in [-0.2, -0.15) is 0 Å². The lowest BCUT2D eigenvalue weighted by atomic mass is 9.79. The van der Waals surface area contributed by atoms with E-state index in [9.17, 15) is 0 Å². The van der Waals surface area contributed by atoms with Gasteiger partial charge in [0.1, 0.15) is 0 Å². The summed E-state index contributed by atoms with van der Waals surface area (Å²) < 4.78 is 0. The molecule has 2 rings (SSSR count). The molecule has 2 fully saturated rings. The third-order valence-corrected chi connectivity index (χ3v) is 4.24. The fraction of sp³-hybridized carbons (Fsp3) is 1.00. The Morgan fingerprint density at radius 3 is 2.31 bits per heavy atom. The molecule has 1 aliphatic heterocycles. The van der Waals surface area contributed by atoms with Crippen molar-refractivity contribution in [2.24, 2.45) is 11.8 Å². The van der Waals surface area contributed by atoms with E-state index in [1.165, 1.54) is 45.1 Å². The zero-order valence-electron chi connectivity index (χ0n) is 9.10. The Bertz CT molecular complexity index is 158. The van der Waals surface area contributed by atoms with E-state index >= 15 is 0 Å². The Morgan fingerprint density at radius 1 is 1.15 bits per heavy atom. The topological polar surface area (TPSA) is 12.0 Å². The predicted octanol–water partition coefficient (Wildman–Crippen LogP) is 2.95. The maximum Gasteiger partial charge on any atom is 0.0181 e. The molecule has 1 spiro atoms. The van der Waals surface area contributed by atoms with Gasteiger partial charge >= 0.3 is 0 Å². The minimum Gasteiger partial charge on any atom is -0.311 e. The summed E-state index contributed by atoms with van der Waals surface area (Å²) in [4.78, 5) is 0. The van der Waals surface area contributed by atoms with Crippen LogP contribution in [0.5, 0.6) is 0 Å². The second kappa shape index (κ2) is 3.61. The van der Waals surface area contributed by atoms with Gasteiger partial charge in [0.15, 0.2) is 0 Å². The molecule has 0 aromatic carbocycles. The fourth-order valence-electron chi connectivity index (χ4n) is 3.05. The Hall–Kier alpha value is -0.0400. The fourth-order valence-corrected chi connectivity index (χ4v) is 3.05. The Kier molecular flexibility index (Phi) is 2.64. The summed E-state index contributed by atoms with van der Waals surface area (Å²) in [5, 5.41) is 3.83. The summed E-state index contributed by atoms with van der Waals surface area (Å²) in [5.41, 5.74) is 0.589. The van der Waals surface area contributed by atoms with Gasteiger partial charge in [-0.05, 0) is 44.1 Å². The summed E-state index contributed by atoms with van der Waals surface area (Å²) in [6.07, 6.45) is 8.70. The first kappa shape index (κ1) is 9.51. The van der Waals surface area contributed by atoms with Crippen LogP contribution in [-0.4, -0.2) is 12.1 Å². The highest BCUT2D eigenvalue weighted by Crippen LogP contribution is 2.38. The van der Waals surface area contributed by atoms with Crippen molar-refractivity contribution in [2.45, 2.75) is 57.9 Å². The Labute approximate surface area is 82.3 Å². The van der Waals surface area contributed by atoms with Crippen molar-refractivity contribution in [3.63, 3.8) is 0 Å². The maximum absolute atomic E-state index is 3.83. The molecule has 0 bridgehead atoms. The van der Waals surface area contributed by atoms with Crippen LogP contribution in [0.1, 0.15) is 52.4 Å². The van der Waals surface area contributed by atoms with Crippen LogP contribution in [0.4, 0.5) is 0 Å². The molecule has 0 aromatic rings. The first-order chi connectivity index (χ1) is 6.22. The highest BCUT2D eigenvalue weighted by molar-refractivity contribution is 4.96. The van der Waals surface area contributed by atoms with E-state index in [4.69, 9.17) is 0 Å². The lowest BCUT2D eigenvalue weighted by Gasteiger charge is -2.40. The van der Waals surface area contributed by atoms with Crippen LogP contribution in [0.3, 0.4) is 0 Å². The number of piperidine rings is 1. The second-order valence-electron chi connectivity index (χ2n) is 5.41. The van der Waals surface area contributed by atoms with E-state index in [-0.39, 0.29) is 0 Å². The molecular weight excluding hydrogens is 158 g/mol. The van der Waals surface area contributed by atoms with Crippen molar-refractivity contribution in [3.8, 4) is 0 Å². The van der Waals surface area contributed by atoms with Crippen LogP contribution in [0, 0.1) is 11.8 Å². The Morgan fingerprint density at radius 2 is 1.85 bits per heavy atom. The quantitative estimate of drug-likeness (QED) is 0.656. The van der Waals surface area contributed by atoms with E-state index in [1.54, 1.807) is 0 Å². The summed E-state index contributed by atoms with van der Waals surface area (Å²) in [6, 6.07) is 0. The first-order valence-corrected chi connectivity index (χ1v) is 5.97. The summed E-state index contributed by atoms with van der Waals surface area (Å²) in [6.45, 7) is 6.00. The average Bonchev–Trinajstić information content (AvgIpc) is 2.54. The average molecular weight is 181 g/mol. The first-order valence-electron chi connectivity index (χ1n) is 5.97. The molecule has 1 saturated carbocycles. The Balaban J connectivity index is 1.88. The van der Waals surface area contributed by atoms with Gasteiger partial charge in [-0.3, -0.25) is 0 Å². The molecule has 2 aliphatic rings. The molecule has 1 heterocycles. The molecule has 1 N–H and O–H groups in total. The normalized spacial score (nSPS) is 33.0. The van der Waals surface area contributed by atoms with Crippen LogP contribution in [0.2, 0.25) is 0 Å². The molecule has 1 nitrogen and oxygen atoms in total. The summed E-state index contributed by atoms with van der Waals surface area (Å²) in [7, 11) is 0. The van der Waals surface area contributed by atoms with Crippen LogP contribution in [0.25, 0.3) is 0 Å². The van der Waals surface area contributed by atoms with Gasteiger partial charge in [0.25, 0.3) is 0 Å². The van der Waals surface area contributed by atoms with E-state index in [1.807, 2.05) is 0 Å². The third kappa shape index (κ3) is 1.90. The van der Waals surface area contributed by atoms with Gasteiger partial charge in [0.2, 0.25) is 0 Å². The molecule has 1 atom stereocenters. The van der Waals surface area contributed by atoms with Crippen molar-refractivity contribution >= 4 is 0 Å². The van der Waals surface area contributed by atoms with Crippen LogP contribution >= 0.6 is 0 Å². The minimum atomic E-state index is 0.589. The van der Waals surface area contributed by atoms with Crippen molar-refractivity contribution in [1.29, 1.82) is 0 Å². The lowest BCUT2D eigenvalue weighted by molar-refractivity contribution is 0.179. The molecule has 0 amide bonds. The van der Waals surface area contributed by atoms with E-state index < -0.39 is 0 Å². The third-order valence-electron chi connectivity index (χ3n) is 4.24. The lowest BCUT2D eigenvalue weighted by Crippen LogP contribution is -2.50. The van der Waals surface area contributed by atoms with Crippen molar-refractivity contribution in [1.82, 2.24) is 5.32 Å². The summed E-state index contributed by atoms with van der Waals surface area (Å²) in [5.74, 6) is 1.80. The number of rotatable bonds is 1. The van der Waals surface area contributed by atoms with Gasteiger partial charge in [0, 0.05) is 5.54 Å². The van der Waals surface area contributed by atoms with Gasteiger partial charge in [0.05, 0.1) is 0 Å². The van der Waals surface area contributed by atoms with Gasteiger partial charge in [-0.15, -0.1) is 0 Å². The summed E-state index contributed by atoms with van der Waals surface area (Å²) >= 11 is 0. The standard InChI is InChI=1S/C12H23N/c1-10(2)11-5-8-12(13-9-11)6-3-4-7-12/h10-11,13H,3-9H2,1-2H3. The van der Waals surface area contributed by atoms with Crippen LogP contribution in [0.15, 0.2) is 0 Å². The predicted molar refractivity (Wildman–Crippen MR) is 56.8 cm³/mol. The van der Waals surface area contributed by atoms with Gasteiger partial charge < -0.3 is 5.32 Å². The molecule has 1 aliphatic carbocycles. The van der Waals surface area contributed by atoms with E-state index in [0.717, 1.165) is 11.8 Å². The van der Waals surface area contributed by atoms with E-state index in [0.29, 0.717) is 5.54 Å². The zero-order chi connectivity index (χ0) is 9.31. The highest BCUT2D eigenvalue weighted by Gasteiger charge is 2.37. The van der Waals surface area contributed by atoms with Gasteiger partial charge in [-0.25, -0.2) is 0 Å². The highest BCUT2D eigenvalue weighted by atomic mass is 15.0. The molecule has 1 heteroatoms. The number of hydrogen-bond donors (Lipinski definition) is 1. The number of nitrogens with one attached hydrogen (secondary N) is 1. The zero-order valence-corrected chi connectivity index (χ0v) is 9.10. The molecular formula is C12H23N. The minimum absolute atomic E-state index is 0.589. The molecule has 1 saturated heterocycles. The molecule has 13 heavy (non-hydrogen) atoms. The van der Waals surface area contributed by atoms with E-state index in [2.05, 4.69) is 19.2 Å². The second-order valence-corrected chi connectivity index (χ2v) is 5.41. The smallest absolute Gasteiger partial charge is 0.0181 e.